The van der Waals surface area contributed by atoms with Crippen LogP contribution in [0, 0.1) is 5.92 Å². The number of hydrogen-bond donors (Lipinski definition) is 0. The Kier molecular flexibility index (Phi) is 4.99. The van der Waals surface area contributed by atoms with Gasteiger partial charge in [-0.25, -0.2) is 4.79 Å². The molecule has 4 heteroatoms. The predicted molar refractivity (Wildman–Crippen MR) is 75.0 cm³/mol. The molecule has 0 aliphatic carbocycles. The Morgan fingerprint density at radius 2 is 2.05 bits per heavy atom. The van der Waals surface area contributed by atoms with Crippen molar-refractivity contribution >= 4 is 12.4 Å². The molecule has 1 fully saturated rings. The summed E-state index contributed by atoms with van der Waals surface area (Å²) in [6, 6.07) is 0. The van der Waals surface area contributed by atoms with Gasteiger partial charge in [0.15, 0.2) is 0 Å². The summed E-state index contributed by atoms with van der Waals surface area (Å²) in [5.74, 6) is 0.475. The second kappa shape index (κ2) is 5.93. The van der Waals surface area contributed by atoms with Crippen LogP contribution in [-0.4, -0.2) is 35.0 Å². The monoisotopic (exact) mass is 269 g/mol. The molecule has 1 saturated heterocycles. The summed E-state index contributed by atoms with van der Waals surface area (Å²) in [5, 5.41) is 0. The SMILES string of the molecule is CC(C)(C)OC(=O)N1CC(CCCC=O)CC1(C)C. The Labute approximate surface area is 116 Å². The fraction of sp³-hybridized carbons (Fsp3) is 0.867. The first-order valence-electron chi connectivity index (χ1n) is 7.10. The molecule has 1 unspecified atom stereocenters. The number of amides is 1. The highest BCUT2D eigenvalue weighted by atomic mass is 16.6. The third-order valence-electron chi connectivity index (χ3n) is 3.51. The smallest absolute Gasteiger partial charge is 0.410 e. The van der Waals surface area contributed by atoms with Crippen LogP contribution in [0.5, 0.6) is 0 Å². The van der Waals surface area contributed by atoms with Crippen molar-refractivity contribution in [3.8, 4) is 0 Å². The van der Waals surface area contributed by atoms with E-state index in [4.69, 9.17) is 4.74 Å². The lowest BCUT2D eigenvalue weighted by molar-refractivity contribution is -0.108. The van der Waals surface area contributed by atoms with E-state index in [1.165, 1.54) is 0 Å². The lowest BCUT2D eigenvalue weighted by atomic mass is 9.93. The van der Waals surface area contributed by atoms with E-state index in [2.05, 4.69) is 13.8 Å². The Balaban J connectivity index is 2.58. The molecule has 1 atom stereocenters. The van der Waals surface area contributed by atoms with E-state index in [1.807, 2.05) is 25.7 Å². The number of carbonyl (C=O) groups is 2. The molecule has 0 aromatic carbocycles. The Hall–Kier alpha value is -1.06. The lowest BCUT2D eigenvalue weighted by Crippen LogP contribution is -2.45. The average Bonchev–Trinajstić information content (AvgIpc) is 2.51. The number of aldehydes is 1. The molecular formula is C15H27NO3. The van der Waals surface area contributed by atoms with E-state index in [-0.39, 0.29) is 11.6 Å². The highest BCUT2D eigenvalue weighted by Crippen LogP contribution is 2.36. The summed E-state index contributed by atoms with van der Waals surface area (Å²) in [4.78, 5) is 24.4. The predicted octanol–water partition coefficient (Wildman–Crippen LogP) is 3.39. The summed E-state index contributed by atoms with van der Waals surface area (Å²) in [7, 11) is 0. The number of ether oxygens (including phenoxy) is 1. The fourth-order valence-corrected chi connectivity index (χ4v) is 2.71. The number of rotatable bonds is 4. The van der Waals surface area contributed by atoms with Crippen LogP contribution in [-0.2, 0) is 9.53 Å². The van der Waals surface area contributed by atoms with Crippen LogP contribution in [0.1, 0.15) is 60.3 Å². The van der Waals surface area contributed by atoms with E-state index in [0.717, 1.165) is 32.1 Å². The molecule has 0 aromatic rings. The molecular weight excluding hydrogens is 242 g/mol. The van der Waals surface area contributed by atoms with Crippen molar-refractivity contribution in [3.05, 3.63) is 0 Å². The van der Waals surface area contributed by atoms with E-state index in [1.54, 1.807) is 0 Å². The van der Waals surface area contributed by atoms with Crippen LogP contribution in [0.25, 0.3) is 0 Å². The first-order chi connectivity index (χ1) is 8.65. The van der Waals surface area contributed by atoms with E-state index in [0.29, 0.717) is 12.3 Å². The minimum atomic E-state index is -0.456. The van der Waals surface area contributed by atoms with E-state index in [9.17, 15) is 9.59 Å². The second-order valence-electron chi connectivity index (χ2n) is 7.07. The maximum absolute atomic E-state index is 12.2. The van der Waals surface area contributed by atoms with Crippen LogP contribution in [0.4, 0.5) is 4.79 Å². The minimum Gasteiger partial charge on any atom is -0.444 e. The Bertz CT molecular complexity index is 331. The fourth-order valence-electron chi connectivity index (χ4n) is 2.71. The molecule has 0 aromatic heterocycles. The largest absolute Gasteiger partial charge is 0.444 e. The van der Waals surface area contributed by atoms with Gasteiger partial charge in [-0.3, -0.25) is 0 Å². The molecule has 19 heavy (non-hydrogen) atoms. The van der Waals surface area contributed by atoms with Gasteiger partial charge < -0.3 is 14.4 Å². The van der Waals surface area contributed by atoms with Crippen molar-refractivity contribution in [1.29, 1.82) is 0 Å². The van der Waals surface area contributed by atoms with Crippen molar-refractivity contribution < 1.29 is 14.3 Å². The normalized spacial score (nSPS) is 22.4. The summed E-state index contributed by atoms with van der Waals surface area (Å²) >= 11 is 0. The van der Waals surface area contributed by atoms with E-state index < -0.39 is 5.60 Å². The van der Waals surface area contributed by atoms with Gasteiger partial charge in [-0.2, -0.15) is 0 Å². The average molecular weight is 269 g/mol. The van der Waals surface area contributed by atoms with Gasteiger partial charge in [-0.1, -0.05) is 0 Å². The molecule has 0 radical (unpaired) electrons. The van der Waals surface area contributed by atoms with Gasteiger partial charge in [0, 0.05) is 18.5 Å². The van der Waals surface area contributed by atoms with Gasteiger partial charge in [-0.05, 0) is 59.8 Å². The molecule has 4 nitrogen and oxygen atoms in total. The Morgan fingerprint density at radius 3 is 2.58 bits per heavy atom. The van der Waals surface area contributed by atoms with Crippen molar-refractivity contribution in [2.45, 2.75) is 71.4 Å². The lowest BCUT2D eigenvalue weighted by Gasteiger charge is -2.33. The van der Waals surface area contributed by atoms with Crippen molar-refractivity contribution in [1.82, 2.24) is 4.90 Å². The molecule has 1 aliphatic heterocycles. The number of nitrogens with zero attached hydrogens (tertiary/aromatic N) is 1. The van der Waals surface area contributed by atoms with Crippen molar-refractivity contribution in [3.63, 3.8) is 0 Å². The van der Waals surface area contributed by atoms with Crippen LogP contribution in [0.2, 0.25) is 0 Å². The number of hydrogen-bond acceptors (Lipinski definition) is 3. The van der Waals surface area contributed by atoms with Gasteiger partial charge in [-0.15, -0.1) is 0 Å². The second-order valence-corrected chi connectivity index (χ2v) is 7.07. The zero-order chi connectivity index (χ0) is 14.7. The van der Waals surface area contributed by atoms with Crippen molar-refractivity contribution in [2.75, 3.05) is 6.54 Å². The van der Waals surface area contributed by atoms with Crippen LogP contribution >= 0.6 is 0 Å². The Morgan fingerprint density at radius 1 is 1.42 bits per heavy atom. The summed E-state index contributed by atoms with van der Waals surface area (Å²) < 4.78 is 5.46. The maximum Gasteiger partial charge on any atom is 0.410 e. The maximum atomic E-state index is 12.2. The molecule has 0 bridgehead atoms. The standard InChI is InChI=1S/C15H27NO3/c1-14(2,3)19-13(18)16-11-12(8-6-7-9-17)10-15(16,4)5/h9,12H,6-8,10-11H2,1-5H3. The summed E-state index contributed by atoms with van der Waals surface area (Å²) in [5.41, 5.74) is -0.614. The van der Waals surface area contributed by atoms with Gasteiger partial charge in [0.1, 0.15) is 11.9 Å². The zero-order valence-electron chi connectivity index (χ0n) is 12.9. The third-order valence-corrected chi connectivity index (χ3v) is 3.51. The summed E-state index contributed by atoms with van der Waals surface area (Å²) in [6.45, 7) is 10.6. The first-order valence-corrected chi connectivity index (χ1v) is 7.10. The highest BCUT2D eigenvalue weighted by molar-refractivity contribution is 5.69. The zero-order valence-corrected chi connectivity index (χ0v) is 12.9. The quantitative estimate of drug-likeness (QED) is 0.580. The van der Waals surface area contributed by atoms with E-state index >= 15 is 0 Å². The van der Waals surface area contributed by atoms with Crippen LogP contribution in [0.3, 0.4) is 0 Å². The van der Waals surface area contributed by atoms with Gasteiger partial charge in [0.25, 0.3) is 0 Å². The highest BCUT2D eigenvalue weighted by Gasteiger charge is 2.42. The summed E-state index contributed by atoms with van der Waals surface area (Å²) in [6.07, 6.45) is 4.24. The molecule has 110 valence electrons. The molecule has 1 rings (SSSR count). The van der Waals surface area contributed by atoms with Crippen molar-refractivity contribution in [2.24, 2.45) is 5.92 Å². The molecule has 1 amide bonds. The topological polar surface area (TPSA) is 46.6 Å². The third kappa shape index (κ3) is 4.84. The molecule has 1 heterocycles. The van der Waals surface area contributed by atoms with Gasteiger partial charge in [0.05, 0.1) is 0 Å². The molecule has 0 saturated carbocycles. The first kappa shape index (κ1) is 16.0. The molecule has 0 N–H and O–H groups in total. The minimum absolute atomic E-state index is 0.159. The van der Waals surface area contributed by atoms with Gasteiger partial charge >= 0.3 is 6.09 Å². The number of carbonyl (C=O) groups excluding carboxylic acids is 2. The van der Waals surface area contributed by atoms with Crippen LogP contribution < -0.4 is 0 Å². The molecule has 0 spiro atoms. The van der Waals surface area contributed by atoms with Crippen LogP contribution in [0.15, 0.2) is 0 Å². The molecule has 1 aliphatic rings. The number of likely N-dealkylation sites (tertiary alicyclic amines) is 1. The number of unbranched alkanes of at least 4 members (excludes halogenated alkanes) is 1. The van der Waals surface area contributed by atoms with Gasteiger partial charge in [0.2, 0.25) is 0 Å².